The van der Waals surface area contributed by atoms with Crippen LogP contribution in [0, 0.1) is 5.82 Å². The molecule has 0 unspecified atom stereocenters. The van der Waals surface area contributed by atoms with E-state index in [2.05, 4.69) is 10.3 Å². The van der Waals surface area contributed by atoms with Gasteiger partial charge in [-0.2, -0.15) is 0 Å². The summed E-state index contributed by atoms with van der Waals surface area (Å²) in [6.07, 6.45) is 0. The molecule has 0 atom stereocenters. The molecule has 0 amide bonds. The number of phenols is 1. The maximum atomic E-state index is 12.9. The SMILES string of the molecule is CCNC(=NCc1cccc(OC)c1O)N(C)CCOc1ccc(F)cc1. The molecule has 0 heterocycles. The molecule has 0 saturated carbocycles. The van der Waals surface area contributed by atoms with E-state index in [1.54, 1.807) is 18.2 Å². The maximum Gasteiger partial charge on any atom is 0.194 e. The first kappa shape index (κ1) is 20.4. The number of likely N-dealkylation sites (N-methyl/N-ethyl adjacent to an activating group) is 1. The quantitative estimate of drug-likeness (QED) is 0.548. The van der Waals surface area contributed by atoms with Gasteiger partial charge in [-0.05, 0) is 37.3 Å². The van der Waals surface area contributed by atoms with Crippen molar-refractivity contribution in [1.82, 2.24) is 10.2 Å². The van der Waals surface area contributed by atoms with Crippen molar-refractivity contribution < 1.29 is 19.0 Å². The highest BCUT2D eigenvalue weighted by Crippen LogP contribution is 2.29. The molecule has 2 aromatic rings. The molecule has 7 heteroatoms. The number of hydrogen-bond acceptors (Lipinski definition) is 4. The van der Waals surface area contributed by atoms with Crippen molar-refractivity contribution in [2.24, 2.45) is 4.99 Å². The number of guanidine groups is 1. The summed E-state index contributed by atoms with van der Waals surface area (Å²) in [4.78, 5) is 6.50. The van der Waals surface area contributed by atoms with Crippen LogP contribution in [0.5, 0.6) is 17.2 Å². The highest BCUT2D eigenvalue weighted by molar-refractivity contribution is 5.79. The van der Waals surface area contributed by atoms with Crippen molar-refractivity contribution in [2.75, 3.05) is 33.9 Å². The number of aliphatic imine (C=N–C) groups is 1. The monoisotopic (exact) mass is 375 g/mol. The number of hydrogen-bond donors (Lipinski definition) is 2. The predicted octanol–water partition coefficient (Wildman–Crippen LogP) is 3.02. The molecule has 2 N–H and O–H groups in total. The van der Waals surface area contributed by atoms with E-state index in [9.17, 15) is 9.50 Å². The topological polar surface area (TPSA) is 66.3 Å². The van der Waals surface area contributed by atoms with Crippen LogP contribution in [0.3, 0.4) is 0 Å². The first-order valence-electron chi connectivity index (χ1n) is 8.77. The van der Waals surface area contributed by atoms with E-state index < -0.39 is 0 Å². The van der Waals surface area contributed by atoms with Crippen molar-refractivity contribution in [1.29, 1.82) is 0 Å². The average molecular weight is 375 g/mol. The van der Waals surface area contributed by atoms with Crippen molar-refractivity contribution in [3.05, 3.63) is 53.8 Å². The molecular weight excluding hydrogens is 349 g/mol. The van der Waals surface area contributed by atoms with Crippen molar-refractivity contribution >= 4 is 5.96 Å². The minimum absolute atomic E-state index is 0.0990. The summed E-state index contributed by atoms with van der Waals surface area (Å²) >= 11 is 0. The van der Waals surface area contributed by atoms with Gasteiger partial charge in [-0.3, -0.25) is 0 Å². The summed E-state index contributed by atoms with van der Waals surface area (Å²) in [7, 11) is 3.42. The molecule has 6 nitrogen and oxygen atoms in total. The third-order valence-electron chi connectivity index (χ3n) is 3.91. The first-order chi connectivity index (χ1) is 13.0. The molecule has 0 aliphatic carbocycles. The van der Waals surface area contributed by atoms with Crippen LogP contribution in [0.15, 0.2) is 47.5 Å². The number of aromatic hydroxyl groups is 1. The highest BCUT2D eigenvalue weighted by Gasteiger charge is 2.09. The number of phenolic OH excluding ortho intramolecular Hbond substituents is 1. The van der Waals surface area contributed by atoms with E-state index in [1.165, 1.54) is 19.2 Å². The molecule has 0 aliphatic heterocycles. The molecule has 27 heavy (non-hydrogen) atoms. The molecule has 2 rings (SSSR count). The molecular formula is C20H26FN3O3. The van der Waals surface area contributed by atoms with Gasteiger partial charge in [-0.15, -0.1) is 0 Å². The first-order valence-corrected chi connectivity index (χ1v) is 8.77. The Hall–Kier alpha value is -2.96. The third kappa shape index (κ3) is 6.06. The predicted molar refractivity (Wildman–Crippen MR) is 104 cm³/mol. The number of para-hydroxylation sites is 1. The van der Waals surface area contributed by atoms with Gasteiger partial charge in [0.15, 0.2) is 17.5 Å². The van der Waals surface area contributed by atoms with E-state index in [4.69, 9.17) is 9.47 Å². The van der Waals surface area contributed by atoms with Crippen LogP contribution in [0.25, 0.3) is 0 Å². The lowest BCUT2D eigenvalue weighted by Crippen LogP contribution is -2.40. The van der Waals surface area contributed by atoms with Crippen LogP contribution in [-0.4, -0.2) is 49.8 Å². The van der Waals surface area contributed by atoms with Gasteiger partial charge in [-0.25, -0.2) is 9.38 Å². The summed E-state index contributed by atoms with van der Waals surface area (Å²) in [5.41, 5.74) is 0.681. The Labute approximate surface area is 159 Å². The van der Waals surface area contributed by atoms with Crippen LogP contribution in [0.4, 0.5) is 4.39 Å². The van der Waals surface area contributed by atoms with Gasteiger partial charge in [0.25, 0.3) is 0 Å². The Morgan fingerprint density at radius 2 is 1.96 bits per heavy atom. The fourth-order valence-corrected chi connectivity index (χ4v) is 2.43. The number of rotatable bonds is 8. The Balaban J connectivity index is 1.96. The zero-order valence-electron chi connectivity index (χ0n) is 15.9. The lowest BCUT2D eigenvalue weighted by atomic mass is 10.2. The number of methoxy groups -OCH3 is 1. The van der Waals surface area contributed by atoms with Gasteiger partial charge < -0.3 is 24.8 Å². The van der Waals surface area contributed by atoms with E-state index in [-0.39, 0.29) is 11.6 Å². The van der Waals surface area contributed by atoms with Crippen LogP contribution in [-0.2, 0) is 6.54 Å². The smallest absolute Gasteiger partial charge is 0.194 e. The Kier molecular flexibility index (Phi) is 7.73. The fraction of sp³-hybridized carbons (Fsp3) is 0.350. The van der Waals surface area contributed by atoms with E-state index >= 15 is 0 Å². The number of ether oxygens (including phenoxy) is 2. The maximum absolute atomic E-state index is 12.9. The van der Waals surface area contributed by atoms with Crippen LogP contribution in [0.2, 0.25) is 0 Å². The van der Waals surface area contributed by atoms with E-state index in [1.807, 2.05) is 31.0 Å². The highest BCUT2D eigenvalue weighted by atomic mass is 19.1. The lowest BCUT2D eigenvalue weighted by Gasteiger charge is -2.22. The third-order valence-corrected chi connectivity index (χ3v) is 3.91. The van der Waals surface area contributed by atoms with Crippen LogP contribution < -0.4 is 14.8 Å². The Bertz CT molecular complexity index is 751. The van der Waals surface area contributed by atoms with E-state index in [0.717, 1.165) is 0 Å². The summed E-state index contributed by atoms with van der Waals surface area (Å²) in [6.45, 7) is 4.03. The molecule has 0 radical (unpaired) electrons. The Morgan fingerprint density at radius 3 is 2.63 bits per heavy atom. The van der Waals surface area contributed by atoms with Gasteiger partial charge in [-0.1, -0.05) is 12.1 Å². The Morgan fingerprint density at radius 1 is 1.22 bits per heavy atom. The largest absolute Gasteiger partial charge is 0.504 e. The number of benzene rings is 2. The summed E-state index contributed by atoms with van der Waals surface area (Å²) in [6, 6.07) is 11.3. The van der Waals surface area contributed by atoms with Crippen molar-refractivity contribution in [2.45, 2.75) is 13.5 Å². The molecule has 146 valence electrons. The van der Waals surface area contributed by atoms with Gasteiger partial charge in [0, 0.05) is 19.2 Å². The van der Waals surface area contributed by atoms with Crippen molar-refractivity contribution in [3.63, 3.8) is 0 Å². The molecule has 0 bridgehead atoms. The summed E-state index contributed by atoms with van der Waals surface area (Å²) in [5, 5.41) is 13.4. The number of nitrogens with zero attached hydrogens (tertiary/aromatic N) is 2. The number of nitrogens with one attached hydrogen (secondary N) is 1. The molecule has 0 saturated heterocycles. The molecule has 0 spiro atoms. The minimum Gasteiger partial charge on any atom is -0.504 e. The van der Waals surface area contributed by atoms with Gasteiger partial charge in [0.05, 0.1) is 20.2 Å². The van der Waals surface area contributed by atoms with Gasteiger partial charge in [0.2, 0.25) is 0 Å². The number of halogens is 1. The van der Waals surface area contributed by atoms with Crippen LogP contribution >= 0.6 is 0 Å². The summed E-state index contributed by atoms with van der Waals surface area (Å²) in [5.74, 6) is 1.55. The standard InChI is InChI=1S/C20H26FN3O3/c1-4-22-20(23-14-15-6-5-7-18(26-3)19(15)25)24(2)12-13-27-17-10-8-16(21)9-11-17/h5-11,25H,4,12-14H2,1-3H3,(H,22,23). The average Bonchev–Trinajstić information content (AvgIpc) is 2.67. The second-order valence-electron chi connectivity index (χ2n) is 5.86. The second-order valence-corrected chi connectivity index (χ2v) is 5.86. The lowest BCUT2D eigenvalue weighted by molar-refractivity contribution is 0.281. The normalized spacial score (nSPS) is 11.2. The second kappa shape index (κ2) is 10.3. The fourth-order valence-electron chi connectivity index (χ4n) is 2.43. The van der Waals surface area contributed by atoms with Crippen LogP contribution in [0.1, 0.15) is 12.5 Å². The molecule has 0 aromatic heterocycles. The van der Waals surface area contributed by atoms with Crippen molar-refractivity contribution in [3.8, 4) is 17.2 Å². The summed E-state index contributed by atoms with van der Waals surface area (Å²) < 4.78 is 23.7. The molecule has 0 aliphatic rings. The minimum atomic E-state index is -0.290. The van der Waals surface area contributed by atoms with Gasteiger partial charge in [0.1, 0.15) is 18.2 Å². The zero-order chi connectivity index (χ0) is 19.6. The zero-order valence-corrected chi connectivity index (χ0v) is 15.9. The molecule has 0 fully saturated rings. The van der Waals surface area contributed by atoms with Gasteiger partial charge >= 0.3 is 0 Å². The molecule has 2 aromatic carbocycles. The van der Waals surface area contributed by atoms with E-state index in [0.29, 0.717) is 49.3 Å².